The minimum Gasteiger partial charge on any atom is -0.284 e. The van der Waals surface area contributed by atoms with Crippen LogP contribution >= 0.6 is 0 Å². The van der Waals surface area contributed by atoms with Gasteiger partial charge in [-0.25, -0.2) is 4.39 Å². The van der Waals surface area contributed by atoms with Crippen molar-refractivity contribution in [2.45, 2.75) is 18.3 Å². The molecule has 1 heterocycles. The maximum Gasteiger partial charge on any atom is 0.335 e. The second kappa shape index (κ2) is 3.66. The van der Waals surface area contributed by atoms with Gasteiger partial charge in [0.05, 0.1) is 5.70 Å². The van der Waals surface area contributed by atoms with E-state index in [9.17, 15) is 14.0 Å². The lowest BCUT2D eigenvalue weighted by atomic mass is 9.91. The summed E-state index contributed by atoms with van der Waals surface area (Å²) < 4.78 is 12.9. The Morgan fingerprint density at radius 3 is 2.28 bits per heavy atom. The number of hydrogen-bond acceptors (Lipinski definition) is 3. The molecule has 3 rings (SSSR count). The molecular formula is C13H9FN2O2. The van der Waals surface area contributed by atoms with Gasteiger partial charge in [-0.3, -0.25) is 9.59 Å². The second-order valence-corrected chi connectivity index (χ2v) is 4.49. The molecule has 1 saturated carbocycles. The fourth-order valence-corrected chi connectivity index (χ4v) is 2.18. The first-order chi connectivity index (χ1) is 8.62. The average molecular weight is 244 g/mol. The lowest BCUT2D eigenvalue weighted by molar-refractivity contribution is -0.133. The molecule has 5 heteroatoms. The highest BCUT2D eigenvalue weighted by atomic mass is 19.1. The number of hydrogen-bond donors (Lipinski definition) is 0. The van der Waals surface area contributed by atoms with Crippen molar-refractivity contribution < 1.29 is 14.0 Å². The Balaban J connectivity index is 1.99. The average Bonchev–Trinajstić information content (AvgIpc) is 3.15. The first-order valence-electron chi connectivity index (χ1n) is 5.60. The van der Waals surface area contributed by atoms with Crippen LogP contribution < -0.4 is 0 Å². The highest BCUT2D eigenvalue weighted by Gasteiger charge is 2.49. The van der Waals surface area contributed by atoms with Crippen LogP contribution in [0.5, 0.6) is 0 Å². The maximum absolute atomic E-state index is 12.9. The molecule has 1 aromatic rings. The summed E-state index contributed by atoms with van der Waals surface area (Å²) in [5.41, 5.74) is 1.03. The summed E-state index contributed by atoms with van der Waals surface area (Å²) in [5, 5.41) is 7.15. The maximum atomic E-state index is 12.9. The number of allylic oxidation sites excluding steroid dienone is 1. The molecule has 0 saturated heterocycles. The van der Waals surface area contributed by atoms with Crippen molar-refractivity contribution in [1.29, 1.82) is 0 Å². The number of carbonyl (C=O) groups excluding carboxylic acids is 2. The van der Waals surface area contributed by atoms with Crippen molar-refractivity contribution >= 4 is 11.7 Å². The lowest BCUT2D eigenvalue weighted by Gasteiger charge is -2.16. The number of rotatable bonds is 2. The van der Waals surface area contributed by atoms with Crippen molar-refractivity contribution in [3.8, 4) is 0 Å². The summed E-state index contributed by atoms with van der Waals surface area (Å²) in [7, 11) is 0. The topological polar surface area (TPSA) is 58.9 Å². The van der Waals surface area contributed by atoms with E-state index in [1.54, 1.807) is 12.1 Å². The standard InChI is InChI=1S/C13H9FN2O2/c14-9-3-1-8(2-4-9)13(5-6-13)11-7-10(17)12(18)16-15-11/h1-4,7H,5-6H2. The third-order valence-corrected chi connectivity index (χ3v) is 3.36. The second-order valence-electron chi connectivity index (χ2n) is 4.49. The van der Waals surface area contributed by atoms with Gasteiger partial charge in [0.1, 0.15) is 5.82 Å². The molecule has 1 aliphatic heterocycles. The highest BCUT2D eigenvalue weighted by molar-refractivity contribution is 6.41. The van der Waals surface area contributed by atoms with Gasteiger partial charge in [-0.2, -0.15) is 5.11 Å². The van der Waals surface area contributed by atoms with Gasteiger partial charge in [0, 0.05) is 11.5 Å². The van der Waals surface area contributed by atoms with Gasteiger partial charge < -0.3 is 0 Å². The third-order valence-electron chi connectivity index (χ3n) is 3.36. The largest absolute Gasteiger partial charge is 0.335 e. The molecule has 0 atom stereocenters. The first kappa shape index (κ1) is 11.0. The Labute approximate surface area is 102 Å². The van der Waals surface area contributed by atoms with Crippen molar-refractivity contribution in [1.82, 2.24) is 0 Å². The Hall–Kier alpha value is -2.17. The van der Waals surface area contributed by atoms with E-state index >= 15 is 0 Å². The molecule has 0 bridgehead atoms. The van der Waals surface area contributed by atoms with Crippen LogP contribution in [0.15, 0.2) is 46.3 Å². The van der Waals surface area contributed by atoms with E-state index in [1.807, 2.05) is 0 Å². The molecule has 1 aliphatic carbocycles. The van der Waals surface area contributed by atoms with E-state index in [2.05, 4.69) is 10.2 Å². The number of halogens is 1. The molecule has 2 aliphatic rings. The van der Waals surface area contributed by atoms with Crippen LogP contribution in [-0.2, 0) is 15.0 Å². The van der Waals surface area contributed by atoms with Gasteiger partial charge in [-0.1, -0.05) is 12.1 Å². The summed E-state index contributed by atoms with van der Waals surface area (Å²) >= 11 is 0. The number of carbonyl (C=O) groups is 2. The molecule has 0 radical (unpaired) electrons. The normalized spacial score (nSPS) is 20.8. The van der Waals surface area contributed by atoms with E-state index in [4.69, 9.17) is 0 Å². The van der Waals surface area contributed by atoms with E-state index < -0.39 is 11.7 Å². The van der Waals surface area contributed by atoms with Crippen LogP contribution in [0.4, 0.5) is 4.39 Å². The van der Waals surface area contributed by atoms with E-state index in [0.29, 0.717) is 5.70 Å². The van der Waals surface area contributed by atoms with Gasteiger partial charge in [-0.05, 0) is 30.5 Å². The molecule has 0 N–H and O–H groups in total. The summed E-state index contributed by atoms with van der Waals surface area (Å²) in [6, 6.07) is 6.12. The fraction of sp³-hybridized carbons (Fsp3) is 0.231. The van der Waals surface area contributed by atoms with E-state index in [1.165, 1.54) is 18.2 Å². The summed E-state index contributed by atoms with van der Waals surface area (Å²) in [6.07, 6.45) is 2.89. The monoisotopic (exact) mass is 244 g/mol. The van der Waals surface area contributed by atoms with E-state index in [-0.39, 0.29) is 11.2 Å². The van der Waals surface area contributed by atoms with Gasteiger partial charge in [0.15, 0.2) is 0 Å². The number of nitrogens with zero attached hydrogens (tertiary/aromatic N) is 2. The Morgan fingerprint density at radius 2 is 1.72 bits per heavy atom. The minimum atomic E-state index is -0.839. The van der Waals surface area contributed by atoms with Crippen LogP contribution in [-0.4, -0.2) is 11.7 Å². The zero-order valence-corrected chi connectivity index (χ0v) is 9.39. The predicted molar refractivity (Wildman–Crippen MR) is 60.3 cm³/mol. The molecule has 1 aromatic carbocycles. The van der Waals surface area contributed by atoms with Gasteiger partial charge in [0.2, 0.25) is 5.78 Å². The number of ketones is 1. The zero-order valence-electron chi connectivity index (χ0n) is 9.39. The molecular weight excluding hydrogens is 235 g/mol. The number of benzene rings is 1. The molecule has 1 fully saturated rings. The number of azo groups is 1. The van der Waals surface area contributed by atoms with E-state index in [0.717, 1.165) is 18.4 Å². The van der Waals surface area contributed by atoms with Crippen LogP contribution in [0.2, 0.25) is 0 Å². The Kier molecular flexibility index (Phi) is 2.23. The van der Waals surface area contributed by atoms with Gasteiger partial charge in [0.25, 0.3) is 0 Å². The zero-order chi connectivity index (χ0) is 12.8. The van der Waals surface area contributed by atoms with Crippen molar-refractivity contribution in [2.75, 3.05) is 0 Å². The molecule has 18 heavy (non-hydrogen) atoms. The quantitative estimate of drug-likeness (QED) is 0.749. The fourth-order valence-electron chi connectivity index (χ4n) is 2.18. The minimum absolute atomic E-state index is 0.306. The van der Waals surface area contributed by atoms with Crippen LogP contribution in [0.1, 0.15) is 18.4 Å². The molecule has 4 nitrogen and oxygen atoms in total. The molecule has 0 unspecified atom stereocenters. The summed E-state index contributed by atoms with van der Waals surface area (Å²) in [4.78, 5) is 22.3. The van der Waals surface area contributed by atoms with Crippen LogP contribution in [0, 0.1) is 5.82 Å². The molecule has 1 amide bonds. The van der Waals surface area contributed by atoms with Crippen molar-refractivity contribution in [3.05, 3.63) is 47.4 Å². The summed E-state index contributed by atoms with van der Waals surface area (Å²) in [5.74, 6) is -1.79. The Bertz CT molecular complexity index is 598. The van der Waals surface area contributed by atoms with Crippen LogP contribution in [0.3, 0.4) is 0 Å². The molecule has 0 aromatic heterocycles. The highest BCUT2D eigenvalue weighted by Crippen LogP contribution is 2.54. The van der Waals surface area contributed by atoms with Gasteiger partial charge >= 0.3 is 5.91 Å². The van der Waals surface area contributed by atoms with Gasteiger partial charge in [-0.15, -0.1) is 5.11 Å². The summed E-state index contributed by atoms with van der Waals surface area (Å²) in [6.45, 7) is 0. The van der Waals surface area contributed by atoms with Crippen LogP contribution in [0.25, 0.3) is 0 Å². The third kappa shape index (κ3) is 1.59. The Morgan fingerprint density at radius 1 is 1.06 bits per heavy atom. The SMILES string of the molecule is O=C1C=C(C2(c3ccc(F)cc3)CC2)N=NC1=O. The molecule has 90 valence electrons. The first-order valence-corrected chi connectivity index (χ1v) is 5.60. The lowest BCUT2D eigenvalue weighted by Crippen LogP contribution is -2.17. The number of amides is 1. The predicted octanol–water partition coefficient (Wildman–Crippen LogP) is 2.30. The molecule has 0 spiro atoms. The van der Waals surface area contributed by atoms with Crippen molar-refractivity contribution in [3.63, 3.8) is 0 Å². The smallest absolute Gasteiger partial charge is 0.284 e. The van der Waals surface area contributed by atoms with Crippen molar-refractivity contribution in [2.24, 2.45) is 10.2 Å².